The number of carboxylic acid groups (broad SMARTS) is 1. The molecular formula is C15H21NO2. The predicted molar refractivity (Wildman–Crippen MR) is 71.9 cm³/mol. The summed E-state index contributed by atoms with van der Waals surface area (Å²) >= 11 is 0. The number of carboxylic acids is 1. The first-order valence-corrected chi connectivity index (χ1v) is 6.59. The number of likely N-dealkylation sites (N-methyl/N-ethyl adjacent to an activating group) is 1. The van der Waals surface area contributed by atoms with Crippen LogP contribution in [0.5, 0.6) is 0 Å². The number of benzene rings is 1. The Morgan fingerprint density at radius 1 is 1.39 bits per heavy atom. The molecule has 0 unspecified atom stereocenters. The number of nitrogens with zero attached hydrogens (tertiary/aromatic N) is 1. The van der Waals surface area contributed by atoms with Crippen LogP contribution in [-0.2, 0) is 6.42 Å². The van der Waals surface area contributed by atoms with Crippen molar-refractivity contribution in [3.8, 4) is 0 Å². The SMILES string of the molecule is CC1CC(N(C)CCc2ccccc2C(=O)O)C1. The minimum atomic E-state index is -0.828. The van der Waals surface area contributed by atoms with Crippen LogP contribution >= 0.6 is 0 Å². The number of carbonyl (C=O) groups is 1. The molecule has 0 saturated heterocycles. The second kappa shape index (κ2) is 5.53. The van der Waals surface area contributed by atoms with Crippen LogP contribution in [0.15, 0.2) is 24.3 Å². The summed E-state index contributed by atoms with van der Waals surface area (Å²) in [7, 11) is 2.14. The highest BCUT2D eigenvalue weighted by molar-refractivity contribution is 5.89. The van der Waals surface area contributed by atoms with Gasteiger partial charge in [0.05, 0.1) is 5.56 Å². The lowest BCUT2D eigenvalue weighted by atomic mass is 9.81. The van der Waals surface area contributed by atoms with E-state index in [1.807, 2.05) is 12.1 Å². The van der Waals surface area contributed by atoms with Gasteiger partial charge in [-0.3, -0.25) is 0 Å². The summed E-state index contributed by atoms with van der Waals surface area (Å²) < 4.78 is 0. The minimum absolute atomic E-state index is 0.438. The van der Waals surface area contributed by atoms with Crippen molar-refractivity contribution in [1.82, 2.24) is 4.90 Å². The van der Waals surface area contributed by atoms with Gasteiger partial charge < -0.3 is 10.0 Å². The topological polar surface area (TPSA) is 40.5 Å². The van der Waals surface area contributed by atoms with Crippen molar-refractivity contribution in [2.45, 2.75) is 32.2 Å². The van der Waals surface area contributed by atoms with E-state index in [9.17, 15) is 4.79 Å². The van der Waals surface area contributed by atoms with Crippen LogP contribution < -0.4 is 0 Å². The lowest BCUT2D eigenvalue weighted by Crippen LogP contribution is -2.42. The van der Waals surface area contributed by atoms with Crippen molar-refractivity contribution >= 4 is 5.97 Å². The maximum absolute atomic E-state index is 11.1. The molecule has 3 nitrogen and oxygen atoms in total. The summed E-state index contributed by atoms with van der Waals surface area (Å²) in [6, 6.07) is 7.98. The number of hydrogen-bond acceptors (Lipinski definition) is 2. The van der Waals surface area contributed by atoms with Crippen molar-refractivity contribution in [2.24, 2.45) is 5.92 Å². The smallest absolute Gasteiger partial charge is 0.335 e. The zero-order valence-electron chi connectivity index (χ0n) is 11.1. The van der Waals surface area contributed by atoms with Crippen molar-refractivity contribution in [3.63, 3.8) is 0 Å². The Bertz CT molecular complexity index is 424. The molecule has 0 heterocycles. The normalized spacial score (nSPS) is 22.8. The Hall–Kier alpha value is -1.35. The van der Waals surface area contributed by atoms with E-state index in [0.29, 0.717) is 11.6 Å². The zero-order valence-corrected chi connectivity index (χ0v) is 11.1. The van der Waals surface area contributed by atoms with E-state index in [0.717, 1.165) is 24.4 Å². The molecule has 0 radical (unpaired) electrons. The summed E-state index contributed by atoms with van der Waals surface area (Å²) in [6.07, 6.45) is 3.36. The van der Waals surface area contributed by atoms with Gasteiger partial charge in [0.25, 0.3) is 0 Å². The van der Waals surface area contributed by atoms with E-state index < -0.39 is 5.97 Å². The molecule has 0 amide bonds. The van der Waals surface area contributed by atoms with E-state index in [-0.39, 0.29) is 0 Å². The van der Waals surface area contributed by atoms with Gasteiger partial charge in [-0.2, -0.15) is 0 Å². The molecule has 98 valence electrons. The Kier molecular flexibility index (Phi) is 4.02. The van der Waals surface area contributed by atoms with Gasteiger partial charge >= 0.3 is 5.97 Å². The first-order valence-electron chi connectivity index (χ1n) is 6.59. The maximum Gasteiger partial charge on any atom is 0.335 e. The second-order valence-electron chi connectivity index (χ2n) is 5.42. The van der Waals surface area contributed by atoms with Crippen molar-refractivity contribution < 1.29 is 9.90 Å². The first-order chi connectivity index (χ1) is 8.58. The van der Waals surface area contributed by atoms with Crippen molar-refractivity contribution in [3.05, 3.63) is 35.4 Å². The van der Waals surface area contributed by atoms with E-state index in [1.54, 1.807) is 12.1 Å². The van der Waals surface area contributed by atoms with Gasteiger partial charge in [0.15, 0.2) is 0 Å². The molecule has 1 aromatic rings. The van der Waals surface area contributed by atoms with Crippen LogP contribution in [0.1, 0.15) is 35.7 Å². The summed E-state index contributed by atoms with van der Waals surface area (Å²) in [4.78, 5) is 13.5. The highest BCUT2D eigenvalue weighted by atomic mass is 16.4. The second-order valence-corrected chi connectivity index (χ2v) is 5.42. The third-order valence-corrected chi connectivity index (χ3v) is 3.95. The third-order valence-electron chi connectivity index (χ3n) is 3.95. The van der Waals surface area contributed by atoms with Crippen LogP contribution in [0.2, 0.25) is 0 Å². The Balaban J connectivity index is 1.92. The minimum Gasteiger partial charge on any atom is -0.478 e. The van der Waals surface area contributed by atoms with E-state index in [1.165, 1.54) is 12.8 Å². The molecule has 1 saturated carbocycles. The molecule has 1 aromatic carbocycles. The number of hydrogen-bond donors (Lipinski definition) is 1. The molecule has 3 heteroatoms. The van der Waals surface area contributed by atoms with Gasteiger partial charge in [-0.15, -0.1) is 0 Å². The summed E-state index contributed by atoms with van der Waals surface area (Å²) in [6.45, 7) is 3.21. The van der Waals surface area contributed by atoms with Crippen LogP contribution in [0.4, 0.5) is 0 Å². The third kappa shape index (κ3) is 2.91. The van der Waals surface area contributed by atoms with Crippen LogP contribution in [-0.4, -0.2) is 35.6 Å². The van der Waals surface area contributed by atoms with E-state index >= 15 is 0 Å². The average Bonchev–Trinajstić information content (AvgIpc) is 2.32. The molecule has 18 heavy (non-hydrogen) atoms. The fraction of sp³-hybridized carbons (Fsp3) is 0.533. The summed E-state index contributed by atoms with van der Waals surface area (Å²) in [5, 5.41) is 9.12. The van der Waals surface area contributed by atoms with Crippen molar-refractivity contribution in [2.75, 3.05) is 13.6 Å². The Morgan fingerprint density at radius 3 is 2.67 bits per heavy atom. The van der Waals surface area contributed by atoms with Gasteiger partial charge in [0, 0.05) is 12.6 Å². The summed E-state index contributed by atoms with van der Waals surface area (Å²) in [5.41, 5.74) is 1.37. The quantitative estimate of drug-likeness (QED) is 0.869. The molecule has 0 atom stereocenters. The molecule has 1 N–H and O–H groups in total. The van der Waals surface area contributed by atoms with Crippen LogP contribution in [0.25, 0.3) is 0 Å². The van der Waals surface area contributed by atoms with Crippen molar-refractivity contribution in [1.29, 1.82) is 0 Å². The van der Waals surface area contributed by atoms with Crippen LogP contribution in [0, 0.1) is 5.92 Å². The number of aromatic carboxylic acids is 1. The van der Waals surface area contributed by atoms with Gasteiger partial charge in [0.1, 0.15) is 0 Å². The standard InChI is InChI=1S/C15H21NO2/c1-11-9-13(10-11)16(2)8-7-12-5-3-4-6-14(12)15(17)18/h3-6,11,13H,7-10H2,1-2H3,(H,17,18). The van der Waals surface area contributed by atoms with Gasteiger partial charge in [-0.05, 0) is 43.9 Å². The molecule has 0 bridgehead atoms. The molecular weight excluding hydrogens is 226 g/mol. The van der Waals surface area contributed by atoms with Crippen LogP contribution in [0.3, 0.4) is 0 Å². The summed E-state index contributed by atoms with van der Waals surface area (Å²) in [5.74, 6) is 0.0225. The lowest BCUT2D eigenvalue weighted by molar-refractivity contribution is 0.0695. The molecule has 1 fully saturated rings. The molecule has 1 aliphatic rings. The fourth-order valence-electron chi connectivity index (χ4n) is 2.65. The average molecular weight is 247 g/mol. The van der Waals surface area contributed by atoms with E-state index in [4.69, 9.17) is 5.11 Å². The monoisotopic (exact) mass is 247 g/mol. The molecule has 1 aliphatic carbocycles. The first kappa shape index (κ1) is 13.1. The highest BCUT2D eigenvalue weighted by Gasteiger charge is 2.28. The predicted octanol–water partition coefficient (Wildman–Crippen LogP) is 2.66. The molecule has 0 aromatic heterocycles. The highest BCUT2D eigenvalue weighted by Crippen LogP contribution is 2.30. The Labute approximate surface area is 108 Å². The maximum atomic E-state index is 11.1. The molecule has 2 rings (SSSR count). The Morgan fingerprint density at radius 2 is 2.06 bits per heavy atom. The molecule has 0 spiro atoms. The molecule has 0 aliphatic heterocycles. The van der Waals surface area contributed by atoms with E-state index in [2.05, 4.69) is 18.9 Å². The lowest BCUT2D eigenvalue weighted by Gasteiger charge is -2.39. The largest absolute Gasteiger partial charge is 0.478 e. The number of rotatable bonds is 5. The zero-order chi connectivity index (χ0) is 13.1. The van der Waals surface area contributed by atoms with Gasteiger partial charge in [-0.1, -0.05) is 25.1 Å². The fourth-order valence-corrected chi connectivity index (χ4v) is 2.65. The van der Waals surface area contributed by atoms with Gasteiger partial charge in [0.2, 0.25) is 0 Å². The van der Waals surface area contributed by atoms with Gasteiger partial charge in [-0.25, -0.2) is 4.79 Å².